The van der Waals surface area contributed by atoms with Crippen molar-refractivity contribution in [3.8, 4) is 0 Å². The van der Waals surface area contributed by atoms with E-state index >= 15 is 0 Å². The Balaban J connectivity index is 2.43. The molecule has 0 unspecified atom stereocenters. The normalized spacial score (nSPS) is 27.7. The molecule has 4 nitrogen and oxygen atoms in total. The van der Waals surface area contributed by atoms with Gasteiger partial charge in [0.2, 0.25) is 0 Å². The molecule has 0 radical (unpaired) electrons. The Morgan fingerprint density at radius 1 is 1.31 bits per heavy atom. The molecule has 4 heteroatoms. The molecule has 1 N–H and O–H groups in total. The molecule has 1 aliphatic rings. The van der Waals surface area contributed by atoms with Gasteiger partial charge in [0, 0.05) is 12.5 Å². The highest BCUT2D eigenvalue weighted by Crippen LogP contribution is 2.27. The van der Waals surface area contributed by atoms with Gasteiger partial charge in [0.1, 0.15) is 12.6 Å². The maximum absolute atomic E-state index is 10.8. The van der Waals surface area contributed by atoms with Crippen LogP contribution in [0.25, 0.3) is 0 Å². The SMILES string of the molecule is C[C@H]1CC[C@@H](N(O)[C@@H](C=O)CCC=O)CC1. The monoisotopic (exact) mass is 227 g/mol. The molecule has 0 aliphatic heterocycles. The Labute approximate surface area is 96.6 Å². The highest BCUT2D eigenvalue weighted by molar-refractivity contribution is 5.59. The Morgan fingerprint density at radius 3 is 2.44 bits per heavy atom. The molecule has 1 fully saturated rings. The van der Waals surface area contributed by atoms with Gasteiger partial charge >= 0.3 is 0 Å². The topological polar surface area (TPSA) is 57.6 Å². The third-order valence-corrected chi connectivity index (χ3v) is 3.44. The number of rotatable bonds is 6. The van der Waals surface area contributed by atoms with Gasteiger partial charge in [0.15, 0.2) is 0 Å². The molecule has 1 atom stereocenters. The van der Waals surface area contributed by atoms with Crippen LogP contribution >= 0.6 is 0 Å². The summed E-state index contributed by atoms with van der Waals surface area (Å²) in [5.41, 5.74) is 0. The van der Waals surface area contributed by atoms with E-state index in [0.29, 0.717) is 18.8 Å². The lowest BCUT2D eigenvalue weighted by Crippen LogP contribution is -2.43. The molecular weight excluding hydrogens is 206 g/mol. The second-order valence-electron chi connectivity index (χ2n) is 4.74. The number of carbonyl (C=O) groups excluding carboxylic acids is 2. The van der Waals surface area contributed by atoms with Crippen LogP contribution in [0.15, 0.2) is 0 Å². The van der Waals surface area contributed by atoms with Crippen LogP contribution in [0.3, 0.4) is 0 Å². The number of nitrogens with zero attached hydrogens (tertiary/aromatic N) is 1. The Morgan fingerprint density at radius 2 is 1.94 bits per heavy atom. The van der Waals surface area contributed by atoms with E-state index < -0.39 is 6.04 Å². The van der Waals surface area contributed by atoms with Crippen LogP contribution in [-0.4, -0.2) is 34.9 Å². The van der Waals surface area contributed by atoms with Gasteiger partial charge in [0.25, 0.3) is 0 Å². The summed E-state index contributed by atoms with van der Waals surface area (Å²) in [5.74, 6) is 0.717. The van der Waals surface area contributed by atoms with E-state index in [4.69, 9.17) is 0 Å². The lowest BCUT2D eigenvalue weighted by molar-refractivity contribution is -0.171. The van der Waals surface area contributed by atoms with Gasteiger partial charge in [-0.25, -0.2) is 0 Å². The van der Waals surface area contributed by atoms with Gasteiger partial charge in [-0.2, -0.15) is 5.06 Å². The third kappa shape index (κ3) is 3.68. The van der Waals surface area contributed by atoms with E-state index in [-0.39, 0.29) is 6.04 Å². The first-order valence-electron chi connectivity index (χ1n) is 6.05. The second-order valence-corrected chi connectivity index (χ2v) is 4.74. The van der Waals surface area contributed by atoms with Crippen molar-refractivity contribution < 1.29 is 14.8 Å². The van der Waals surface area contributed by atoms with Crippen LogP contribution < -0.4 is 0 Å². The van der Waals surface area contributed by atoms with E-state index in [1.54, 1.807) is 0 Å². The molecule has 0 aromatic carbocycles. The lowest BCUT2D eigenvalue weighted by atomic mass is 9.87. The summed E-state index contributed by atoms with van der Waals surface area (Å²) in [4.78, 5) is 21.1. The largest absolute Gasteiger partial charge is 0.313 e. The van der Waals surface area contributed by atoms with Crippen molar-refractivity contribution in [2.45, 2.75) is 57.5 Å². The smallest absolute Gasteiger partial charge is 0.139 e. The molecule has 0 heterocycles. The molecule has 0 saturated heterocycles. The standard InChI is InChI=1S/C12H21NO3/c1-10-4-6-11(7-5-10)13(16)12(9-15)3-2-8-14/h8-12,16H,2-7H2,1H3/t10-,11+,12-/m1/s1. The summed E-state index contributed by atoms with van der Waals surface area (Å²) in [7, 11) is 0. The van der Waals surface area contributed by atoms with E-state index in [1.165, 1.54) is 5.06 Å². The number of carbonyl (C=O) groups is 2. The minimum atomic E-state index is -0.524. The van der Waals surface area contributed by atoms with Gasteiger partial charge in [-0.05, 0) is 38.0 Å². The Kier molecular flexibility index (Phi) is 5.63. The summed E-state index contributed by atoms with van der Waals surface area (Å²) in [6.07, 6.45) is 6.32. The van der Waals surface area contributed by atoms with Crippen LogP contribution in [0.5, 0.6) is 0 Å². The van der Waals surface area contributed by atoms with Crippen LogP contribution in [-0.2, 0) is 9.59 Å². The fraction of sp³-hybridized carbons (Fsp3) is 0.833. The van der Waals surface area contributed by atoms with Crippen molar-refractivity contribution in [1.82, 2.24) is 5.06 Å². The van der Waals surface area contributed by atoms with Crippen LogP contribution in [0.2, 0.25) is 0 Å². The molecule has 1 saturated carbocycles. The van der Waals surface area contributed by atoms with Crippen molar-refractivity contribution >= 4 is 12.6 Å². The molecule has 0 spiro atoms. The lowest BCUT2D eigenvalue weighted by Gasteiger charge is -2.34. The molecule has 1 aliphatic carbocycles. The maximum atomic E-state index is 10.8. The van der Waals surface area contributed by atoms with Crippen LogP contribution in [0, 0.1) is 5.92 Å². The zero-order valence-electron chi connectivity index (χ0n) is 9.84. The van der Waals surface area contributed by atoms with Crippen molar-refractivity contribution in [2.75, 3.05) is 0 Å². The Hall–Kier alpha value is -0.740. The van der Waals surface area contributed by atoms with Crippen molar-refractivity contribution in [3.05, 3.63) is 0 Å². The number of hydrogen-bond acceptors (Lipinski definition) is 4. The van der Waals surface area contributed by atoms with E-state index in [2.05, 4.69) is 6.92 Å². The van der Waals surface area contributed by atoms with Crippen molar-refractivity contribution in [2.24, 2.45) is 5.92 Å². The minimum absolute atomic E-state index is 0.0815. The molecule has 0 aromatic heterocycles. The number of aldehydes is 2. The summed E-state index contributed by atoms with van der Waals surface area (Å²) in [5, 5.41) is 11.1. The molecule has 0 amide bonds. The van der Waals surface area contributed by atoms with Crippen molar-refractivity contribution in [3.63, 3.8) is 0 Å². The zero-order valence-corrected chi connectivity index (χ0v) is 9.84. The molecule has 92 valence electrons. The molecule has 16 heavy (non-hydrogen) atoms. The van der Waals surface area contributed by atoms with Gasteiger partial charge in [-0.3, -0.25) is 0 Å². The number of hydrogen-bond donors (Lipinski definition) is 1. The number of hydroxylamine groups is 2. The Bertz CT molecular complexity index is 224. The molecule has 0 aromatic rings. The maximum Gasteiger partial charge on any atom is 0.139 e. The van der Waals surface area contributed by atoms with E-state index in [0.717, 1.165) is 38.3 Å². The fourth-order valence-electron chi connectivity index (χ4n) is 2.28. The molecule has 1 rings (SSSR count). The summed E-state index contributed by atoms with van der Waals surface area (Å²) in [6, 6.07) is -0.443. The van der Waals surface area contributed by atoms with Gasteiger partial charge < -0.3 is 14.8 Å². The molecule has 0 bridgehead atoms. The van der Waals surface area contributed by atoms with Crippen molar-refractivity contribution in [1.29, 1.82) is 0 Å². The first-order chi connectivity index (χ1) is 7.69. The van der Waals surface area contributed by atoms with Gasteiger partial charge in [0.05, 0.1) is 6.04 Å². The quantitative estimate of drug-likeness (QED) is 0.555. The van der Waals surface area contributed by atoms with E-state index in [9.17, 15) is 14.8 Å². The predicted octanol–water partition coefficient (Wildman–Crippen LogP) is 1.80. The highest BCUT2D eigenvalue weighted by Gasteiger charge is 2.27. The van der Waals surface area contributed by atoms with Crippen LogP contribution in [0.4, 0.5) is 0 Å². The average molecular weight is 227 g/mol. The highest BCUT2D eigenvalue weighted by atomic mass is 16.5. The third-order valence-electron chi connectivity index (χ3n) is 3.44. The predicted molar refractivity (Wildman–Crippen MR) is 60.2 cm³/mol. The zero-order chi connectivity index (χ0) is 12.0. The van der Waals surface area contributed by atoms with Crippen LogP contribution in [0.1, 0.15) is 45.4 Å². The fourth-order valence-corrected chi connectivity index (χ4v) is 2.28. The first-order valence-corrected chi connectivity index (χ1v) is 6.05. The second kappa shape index (κ2) is 6.76. The minimum Gasteiger partial charge on any atom is -0.313 e. The van der Waals surface area contributed by atoms with Gasteiger partial charge in [-0.1, -0.05) is 6.92 Å². The molecular formula is C12H21NO3. The summed E-state index contributed by atoms with van der Waals surface area (Å²) >= 11 is 0. The van der Waals surface area contributed by atoms with Gasteiger partial charge in [-0.15, -0.1) is 0 Å². The average Bonchev–Trinajstić information content (AvgIpc) is 2.30. The first kappa shape index (κ1) is 13.3. The summed E-state index contributed by atoms with van der Waals surface area (Å²) < 4.78 is 0. The van der Waals surface area contributed by atoms with E-state index in [1.807, 2.05) is 0 Å². The summed E-state index contributed by atoms with van der Waals surface area (Å²) in [6.45, 7) is 2.21.